The molecule has 1 aromatic rings. The minimum absolute atomic E-state index is 0.398. The molecule has 0 N–H and O–H groups in total. The van der Waals surface area contributed by atoms with Crippen LogP contribution in [0.5, 0.6) is 5.75 Å². The maximum Gasteiger partial charge on any atom is 0.137 e. The van der Waals surface area contributed by atoms with Crippen molar-refractivity contribution < 1.29 is 9.53 Å². The molecule has 0 bridgehead atoms. The highest BCUT2D eigenvalue weighted by Gasteiger charge is 1.92. The topological polar surface area (TPSA) is 26.3 Å². The molecule has 0 heterocycles. The lowest BCUT2D eigenvalue weighted by molar-refractivity contribution is 0.410. The Morgan fingerprint density at radius 2 is 2.27 bits per heavy atom. The number of hydrogen-bond donors (Lipinski definition) is 0. The highest BCUT2D eigenvalue weighted by atomic mass is 16.5. The van der Waals surface area contributed by atoms with Gasteiger partial charge in [-0.05, 0) is 11.3 Å². The van der Waals surface area contributed by atoms with Gasteiger partial charge in [0.05, 0.1) is 7.11 Å². The highest BCUT2D eigenvalue weighted by Crippen LogP contribution is 1.95. The van der Waals surface area contributed by atoms with E-state index in [1.807, 2.05) is 0 Å². The number of ether oxygens (including phenoxy) is 1. The van der Waals surface area contributed by atoms with E-state index >= 15 is 0 Å². The third-order valence-electron chi connectivity index (χ3n) is 1.43. The van der Waals surface area contributed by atoms with Crippen molar-refractivity contribution in [3.8, 4) is 5.75 Å². The van der Waals surface area contributed by atoms with E-state index in [0.29, 0.717) is 16.2 Å². The second kappa shape index (κ2) is 3.04. The number of methoxy groups -OCH3 is 1. The van der Waals surface area contributed by atoms with Crippen LogP contribution in [0.4, 0.5) is 0 Å². The third kappa shape index (κ3) is 1.31. The largest absolute Gasteiger partial charge is 0.495 e. The van der Waals surface area contributed by atoms with Crippen molar-refractivity contribution in [1.82, 2.24) is 0 Å². The van der Waals surface area contributed by atoms with E-state index in [-0.39, 0.29) is 0 Å². The van der Waals surface area contributed by atoms with Gasteiger partial charge in [0.2, 0.25) is 0 Å². The molecule has 56 valence electrons. The summed E-state index contributed by atoms with van der Waals surface area (Å²) in [5, 5.41) is 1.04. The number of hydrogen-bond acceptors (Lipinski definition) is 2. The van der Waals surface area contributed by atoms with Crippen LogP contribution < -0.4 is 15.2 Å². The summed E-state index contributed by atoms with van der Waals surface area (Å²) < 4.78 is 4.91. The Bertz CT molecular complexity index is 375. The minimum Gasteiger partial charge on any atom is -0.495 e. The standard InChI is InChI=1S/C9H8O2/c1-7-4-3-5-9(11-2)8(7)6-10/h3-5H,1H2,2H3. The van der Waals surface area contributed by atoms with Gasteiger partial charge in [-0.15, -0.1) is 0 Å². The molecular weight excluding hydrogens is 140 g/mol. The first-order valence-electron chi connectivity index (χ1n) is 3.16. The first-order chi connectivity index (χ1) is 5.29. The van der Waals surface area contributed by atoms with Crippen molar-refractivity contribution in [2.45, 2.75) is 0 Å². The normalized spacial score (nSPS) is 8.82. The van der Waals surface area contributed by atoms with Gasteiger partial charge in [-0.3, -0.25) is 0 Å². The second-order valence-electron chi connectivity index (χ2n) is 2.10. The highest BCUT2D eigenvalue weighted by molar-refractivity contribution is 5.51. The van der Waals surface area contributed by atoms with Gasteiger partial charge in [-0.1, -0.05) is 18.7 Å². The predicted molar refractivity (Wildman–Crippen MR) is 42.6 cm³/mol. The first kappa shape index (κ1) is 7.58. The molecule has 1 aromatic carbocycles. The molecule has 0 spiro atoms. The number of carbonyl (C=O) groups excluding carboxylic acids is 1. The van der Waals surface area contributed by atoms with Crippen LogP contribution in [0.15, 0.2) is 18.2 Å². The van der Waals surface area contributed by atoms with E-state index in [4.69, 9.17) is 4.74 Å². The molecule has 2 nitrogen and oxygen atoms in total. The van der Waals surface area contributed by atoms with Gasteiger partial charge in [0.1, 0.15) is 16.9 Å². The zero-order chi connectivity index (χ0) is 8.27. The van der Waals surface area contributed by atoms with E-state index in [1.165, 1.54) is 7.11 Å². The fourth-order valence-corrected chi connectivity index (χ4v) is 0.863. The van der Waals surface area contributed by atoms with Gasteiger partial charge in [-0.25, -0.2) is 4.79 Å². The van der Waals surface area contributed by atoms with E-state index in [1.54, 1.807) is 24.1 Å². The molecule has 0 saturated heterocycles. The van der Waals surface area contributed by atoms with Crippen LogP contribution in [0.2, 0.25) is 0 Å². The molecule has 0 amide bonds. The van der Waals surface area contributed by atoms with Gasteiger partial charge in [0, 0.05) is 0 Å². The Hall–Kier alpha value is -1.53. The summed E-state index contributed by atoms with van der Waals surface area (Å²) in [5.74, 6) is 2.30. The molecule has 0 fully saturated rings. The van der Waals surface area contributed by atoms with Crippen molar-refractivity contribution in [2.75, 3.05) is 7.11 Å². The Balaban J connectivity index is 3.64. The van der Waals surface area contributed by atoms with E-state index in [9.17, 15) is 4.79 Å². The van der Waals surface area contributed by atoms with Gasteiger partial charge in [-0.2, -0.15) is 0 Å². The van der Waals surface area contributed by atoms with Crippen LogP contribution in [-0.2, 0) is 4.79 Å². The Morgan fingerprint density at radius 3 is 2.73 bits per heavy atom. The zero-order valence-electron chi connectivity index (χ0n) is 6.26. The Morgan fingerprint density at radius 1 is 1.55 bits per heavy atom. The minimum atomic E-state index is 0.398. The van der Waals surface area contributed by atoms with Crippen LogP contribution in [-0.4, -0.2) is 13.1 Å². The fraction of sp³-hybridized carbons (Fsp3) is 0.111. The second-order valence-corrected chi connectivity index (χ2v) is 2.10. The molecule has 0 unspecified atom stereocenters. The fourth-order valence-electron chi connectivity index (χ4n) is 0.863. The molecule has 0 aromatic heterocycles. The molecule has 0 aliphatic carbocycles. The third-order valence-corrected chi connectivity index (χ3v) is 1.43. The molecule has 0 aliphatic heterocycles. The zero-order valence-corrected chi connectivity index (χ0v) is 6.26. The molecule has 11 heavy (non-hydrogen) atoms. The number of rotatable bonds is 1. The van der Waals surface area contributed by atoms with Gasteiger partial charge in [0.15, 0.2) is 0 Å². The van der Waals surface area contributed by atoms with Crippen LogP contribution in [0.25, 0.3) is 6.58 Å². The quantitative estimate of drug-likeness (QED) is 0.542. The summed E-state index contributed by atoms with van der Waals surface area (Å²) in [6.45, 7) is 3.66. The lowest BCUT2D eigenvalue weighted by Gasteiger charge is -1.96. The smallest absolute Gasteiger partial charge is 0.137 e. The van der Waals surface area contributed by atoms with E-state index < -0.39 is 0 Å². The van der Waals surface area contributed by atoms with Crippen LogP contribution in [0.1, 0.15) is 0 Å². The molecule has 0 atom stereocenters. The maximum atomic E-state index is 10.4. The summed E-state index contributed by atoms with van der Waals surface area (Å²) in [7, 11) is 1.51. The molecule has 0 radical (unpaired) electrons. The maximum absolute atomic E-state index is 10.4. The molecule has 0 saturated carbocycles. The molecule has 0 aliphatic rings. The van der Waals surface area contributed by atoms with E-state index in [0.717, 1.165) is 0 Å². The van der Waals surface area contributed by atoms with Crippen LogP contribution >= 0.6 is 0 Å². The van der Waals surface area contributed by atoms with Crippen molar-refractivity contribution in [2.24, 2.45) is 0 Å². The molecule has 1 rings (SSSR count). The lowest BCUT2D eigenvalue weighted by atomic mass is 10.2. The van der Waals surface area contributed by atoms with Crippen molar-refractivity contribution in [3.05, 3.63) is 28.6 Å². The summed E-state index contributed by atoms with van der Waals surface area (Å²) in [6.07, 6.45) is 0. The summed E-state index contributed by atoms with van der Waals surface area (Å²) in [4.78, 5) is 10.4. The van der Waals surface area contributed by atoms with Crippen LogP contribution in [0, 0.1) is 0 Å². The van der Waals surface area contributed by atoms with Crippen molar-refractivity contribution in [1.29, 1.82) is 0 Å². The average molecular weight is 148 g/mol. The molecular formula is C9H8O2. The summed E-state index contributed by atoms with van der Waals surface area (Å²) in [5.41, 5.74) is 0. The van der Waals surface area contributed by atoms with Gasteiger partial charge < -0.3 is 4.74 Å². The first-order valence-corrected chi connectivity index (χ1v) is 3.16. The monoisotopic (exact) mass is 148 g/mol. The van der Waals surface area contributed by atoms with Crippen molar-refractivity contribution >= 4 is 12.5 Å². The lowest BCUT2D eigenvalue weighted by Crippen LogP contribution is -2.25. The number of benzene rings is 1. The average Bonchev–Trinajstić information content (AvgIpc) is 2.04. The van der Waals surface area contributed by atoms with Gasteiger partial charge >= 0.3 is 0 Å². The van der Waals surface area contributed by atoms with Gasteiger partial charge in [0.25, 0.3) is 0 Å². The van der Waals surface area contributed by atoms with Crippen molar-refractivity contribution in [3.63, 3.8) is 0 Å². The van der Waals surface area contributed by atoms with E-state index in [2.05, 4.69) is 6.58 Å². The Kier molecular flexibility index (Phi) is 2.09. The van der Waals surface area contributed by atoms with Crippen LogP contribution in [0.3, 0.4) is 0 Å². The predicted octanol–water partition coefficient (Wildman–Crippen LogP) is -0.391. The Labute approximate surface area is 64.4 Å². The SMILES string of the molecule is C=c1cccc(OC)c1=C=O. The summed E-state index contributed by atoms with van der Waals surface area (Å²) in [6, 6.07) is 5.22. The summed E-state index contributed by atoms with van der Waals surface area (Å²) >= 11 is 0. The molecule has 2 heteroatoms.